The molecule has 2 rings (SSSR count). The van der Waals surface area contributed by atoms with Crippen molar-refractivity contribution in [2.24, 2.45) is 5.73 Å². The fourth-order valence-corrected chi connectivity index (χ4v) is 4.18. The summed E-state index contributed by atoms with van der Waals surface area (Å²) >= 11 is 9.06. The average molecular weight is 488 g/mol. The van der Waals surface area contributed by atoms with E-state index in [1.54, 1.807) is 17.5 Å². The van der Waals surface area contributed by atoms with Crippen molar-refractivity contribution in [3.63, 3.8) is 0 Å². The van der Waals surface area contributed by atoms with Gasteiger partial charge in [0.05, 0.1) is 32.4 Å². The SMILES string of the molecule is CC(NSc1cc(Cl)c(Nc2ccc(F)cc2N(C)CCN(C)C)cc1F)S/C=C\N. The van der Waals surface area contributed by atoms with Crippen molar-refractivity contribution in [2.75, 3.05) is 44.4 Å². The first-order chi connectivity index (χ1) is 14.7. The van der Waals surface area contributed by atoms with E-state index in [1.807, 2.05) is 37.9 Å². The Morgan fingerprint density at radius 2 is 1.87 bits per heavy atom. The van der Waals surface area contributed by atoms with Crippen LogP contribution in [0, 0.1) is 11.6 Å². The van der Waals surface area contributed by atoms with E-state index >= 15 is 0 Å². The molecule has 10 heteroatoms. The first-order valence-corrected chi connectivity index (χ1v) is 11.7. The molecule has 31 heavy (non-hydrogen) atoms. The molecular weight excluding hydrogens is 460 g/mol. The number of likely N-dealkylation sites (N-methyl/N-ethyl adjacent to an activating group) is 2. The second kappa shape index (κ2) is 12.4. The lowest BCUT2D eigenvalue weighted by Crippen LogP contribution is -2.28. The van der Waals surface area contributed by atoms with Gasteiger partial charge < -0.3 is 20.9 Å². The topological polar surface area (TPSA) is 56.6 Å². The number of nitrogens with two attached hydrogens (primary N) is 1. The maximum Gasteiger partial charge on any atom is 0.140 e. The number of thioether (sulfide) groups is 1. The Hall–Kier alpha value is -1.65. The van der Waals surface area contributed by atoms with Gasteiger partial charge in [-0.3, -0.25) is 0 Å². The maximum atomic E-state index is 14.7. The average Bonchev–Trinajstić information content (AvgIpc) is 2.72. The smallest absolute Gasteiger partial charge is 0.140 e. The number of benzene rings is 2. The lowest BCUT2D eigenvalue weighted by atomic mass is 10.2. The van der Waals surface area contributed by atoms with Crippen molar-refractivity contribution in [1.82, 2.24) is 9.62 Å². The van der Waals surface area contributed by atoms with Crippen molar-refractivity contribution < 1.29 is 8.78 Å². The number of rotatable bonds is 11. The summed E-state index contributed by atoms with van der Waals surface area (Å²) in [7, 11) is 5.84. The third-order valence-corrected chi connectivity index (χ3v) is 6.55. The van der Waals surface area contributed by atoms with E-state index in [2.05, 4.69) is 10.0 Å². The van der Waals surface area contributed by atoms with Crippen molar-refractivity contribution in [2.45, 2.75) is 17.2 Å². The van der Waals surface area contributed by atoms with Crippen LogP contribution in [0.25, 0.3) is 0 Å². The fourth-order valence-electron chi connectivity index (χ4n) is 2.58. The van der Waals surface area contributed by atoms with Crippen LogP contribution in [-0.4, -0.2) is 44.5 Å². The third-order valence-electron chi connectivity index (χ3n) is 4.24. The normalized spacial score (nSPS) is 12.5. The molecule has 0 aliphatic heterocycles. The van der Waals surface area contributed by atoms with E-state index in [0.717, 1.165) is 18.5 Å². The van der Waals surface area contributed by atoms with Gasteiger partial charge in [0.1, 0.15) is 11.6 Å². The molecule has 0 bridgehead atoms. The molecule has 0 saturated heterocycles. The van der Waals surface area contributed by atoms with Crippen molar-refractivity contribution in [1.29, 1.82) is 0 Å². The zero-order valence-corrected chi connectivity index (χ0v) is 20.3. The Labute approximate surface area is 196 Å². The van der Waals surface area contributed by atoms with Gasteiger partial charge in [-0.1, -0.05) is 11.6 Å². The molecule has 0 aliphatic carbocycles. The van der Waals surface area contributed by atoms with Crippen LogP contribution in [0.1, 0.15) is 6.92 Å². The van der Waals surface area contributed by atoms with E-state index in [0.29, 0.717) is 33.5 Å². The highest BCUT2D eigenvalue weighted by molar-refractivity contribution is 8.04. The molecule has 0 heterocycles. The zero-order valence-electron chi connectivity index (χ0n) is 18.0. The number of hydrogen-bond acceptors (Lipinski definition) is 7. The minimum Gasteiger partial charge on any atom is -0.404 e. The molecule has 0 saturated carbocycles. The van der Waals surface area contributed by atoms with Gasteiger partial charge in [-0.2, -0.15) is 0 Å². The minimum absolute atomic E-state index is 0.0280. The number of nitrogens with one attached hydrogen (secondary N) is 2. The molecule has 0 fully saturated rings. The van der Waals surface area contributed by atoms with Gasteiger partial charge in [0.15, 0.2) is 0 Å². The molecule has 1 unspecified atom stereocenters. The summed E-state index contributed by atoms with van der Waals surface area (Å²) in [5.41, 5.74) is 7.04. The van der Waals surface area contributed by atoms with Crippen LogP contribution in [0.4, 0.5) is 25.8 Å². The summed E-state index contributed by atoms with van der Waals surface area (Å²) in [5, 5.41) is 5.29. The van der Waals surface area contributed by atoms with Crippen LogP contribution in [0.2, 0.25) is 5.02 Å². The highest BCUT2D eigenvalue weighted by Gasteiger charge is 2.14. The Bertz CT molecular complexity index is 898. The molecule has 0 spiro atoms. The van der Waals surface area contributed by atoms with Crippen LogP contribution >= 0.6 is 35.3 Å². The van der Waals surface area contributed by atoms with E-state index in [-0.39, 0.29) is 11.2 Å². The van der Waals surface area contributed by atoms with Gasteiger partial charge in [-0.15, -0.1) is 11.8 Å². The lowest BCUT2D eigenvalue weighted by molar-refractivity contribution is 0.416. The Balaban J connectivity index is 2.18. The highest BCUT2D eigenvalue weighted by atomic mass is 35.5. The van der Waals surface area contributed by atoms with Crippen LogP contribution in [0.15, 0.2) is 46.8 Å². The molecule has 2 aromatic rings. The van der Waals surface area contributed by atoms with Crippen molar-refractivity contribution in [3.8, 4) is 0 Å². The van der Waals surface area contributed by atoms with Crippen molar-refractivity contribution in [3.05, 3.63) is 58.6 Å². The highest BCUT2D eigenvalue weighted by Crippen LogP contribution is 2.35. The molecular formula is C21H28ClF2N5S2. The van der Waals surface area contributed by atoms with Gasteiger partial charge in [-0.25, -0.2) is 13.5 Å². The largest absolute Gasteiger partial charge is 0.404 e. The predicted molar refractivity (Wildman–Crippen MR) is 132 cm³/mol. The van der Waals surface area contributed by atoms with Crippen molar-refractivity contribution >= 4 is 52.4 Å². The molecule has 1 atom stereocenters. The molecule has 0 radical (unpaired) electrons. The summed E-state index contributed by atoms with van der Waals surface area (Å²) < 4.78 is 31.7. The Morgan fingerprint density at radius 1 is 1.13 bits per heavy atom. The minimum atomic E-state index is -0.416. The van der Waals surface area contributed by atoms with Crippen LogP contribution in [0.5, 0.6) is 0 Å². The van der Waals surface area contributed by atoms with Gasteiger partial charge in [0, 0.05) is 32.4 Å². The Kier molecular flexibility index (Phi) is 10.2. The quantitative estimate of drug-likeness (QED) is 0.287. The fraction of sp³-hybridized carbons (Fsp3) is 0.333. The monoisotopic (exact) mass is 487 g/mol. The summed E-state index contributed by atoms with van der Waals surface area (Å²) in [4.78, 5) is 4.37. The molecule has 0 amide bonds. The second-order valence-corrected chi connectivity index (χ2v) is 9.64. The van der Waals surface area contributed by atoms with Gasteiger partial charge in [0.2, 0.25) is 0 Å². The summed E-state index contributed by atoms with van der Waals surface area (Å²) in [6, 6.07) is 7.34. The van der Waals surface area contributed by atoms with E-state index in [9.17, 15) is 8.78 Å². The Morgan fingerprint density at radius 3 is 2.55 bits per heavy atom. The van der Waals surface area contributed by atoms with Crippen LogP contribution in [-0.2, 0) is 0 Å². The second-order valence-electron chi connectivity index (χ2n) is 7.10. The number of halogens is 3. The van der Waals surface area contributed by atoms with Crippen LogP contribution < -0.4 is 20.7 Å². The number of anilines is 3. The third kappa shape index (κ3) is 8.08. The van der Waals surface area contributed by atoms with Crippen LogP contribution in [0.3, 0.4) is 0 Å². The molecule has 170 valence electrons. The summed E-state index contributed by atoms with van der Waals surface area (Å²) in [5.74, 6) is -0.760. The van der Waals surface area contributed by atoms with E-state index in [1.165, 1.54) is 36.2 Å². The molecule has 4 N–H and O–H groups in total. The standard InChI is InChI=1S/C21H28ClF2N5S2/c1-14(30-10-7-25)27-31-21-12-16(22)19(13-17(21)24)26-18-6-5-15(23)11-20(18)29(4)9-8-28(2)3/h5-7,10-14,26-27H,8-9,25H2,1-4H3/b10-7-. The first kappa shape index (κ1) is 25.6. The summed E-state index contributed by atoms with van der Waals surface area (Å²) in [6.45, 7) is 3.44. The molecule has 0 aliphatic rings. The van der Waals surface area contributed by atoms with Gasteiger partial charge in [0.25, 0.3) is 0 Å². The lowest BCUT2D eigenvalue weighted by Gasteiger charge is -2.25. The maximum absolute atomic E-state index is 14.7. The zero-order chi connectivity index (χ0) is 23.0. The molecule has 2 aromatic carbocycles. The van der Waals surface area contributed by atoms with Gasteiger partial charge >= 0.3 is 0 Å². The predicted octanol–water partition coefficient (Wildman–Crippen LogP) is 5.47. The van der Waals surface area contributed by atoms with E-state index in [4.69, 9.17) is 17.3 Å². The molecule has 0 aromatic heterocycles. The van der Waals surface area contributed by atoms with E-state index < -0.39 is 5.82 Å². The molecule has 5 nitrogen and oxygen atoms in total. The number of nitrogens with zero attached hydrogens (tertiary/aromatic N) is 2. The van der Waals surface area contributed by atoms with Gasteiger partial charge in [-0.05, 0) is 62.6 Å². The summed E-state index contributed by atoms with van der Waals surface area (Å²) in [6.07, 6.45) is 1.45. The first-order valence-electron chi connectivity index (χ1n) is 9.57. The number of hydrogen-bond donors (Lipinski definition) is 3.